The molecule has 3 aromatic heterocycles. The molecule has 30 heavy (non-hydrogen) atoms. The van der Waals surface area contributed by atoms with Crippen molar-refractivity contribution in [1.82, 2.24) is 14.5 Å². The molecular formula is C26H19N3O. The van der Waals surface area contributed by atoms with Crippen LogP contribution in [0.2, 0.25) is 0 Å². The Morgan fingerprint density at radius 2 is 1.70 bits per heavy atom. The lowest BCUT2D eigenvalue weighted by Crippen LogP contribution is -1.97. The molecule has 0 saturated carbocycles. The second-order valence-corrected chi connectivity index (χ2v) is 7.70. The Morgan fingerprint density at radius 1 is 0.833 bits per heavy atom. The zero-order valence-electron chi connectivity index (χ0n) is 16.8. The number of furan rings is 1. The van der Waals surface area contributed by atoms with E-state index < -0.39 is 0 Å². The lowest BCUT2D eigenvalue weighted by atomic mass is 10.1. The van der Waals surface area contributed by atoms with Gasteiger partial charge < -0.3 is 4.42 Å². The van der Waals surface area contributed by atoms with E-state index >= 15 is 0 Å². The highest BCUT2D eigenvalue weighted by molar-refractivity contribution is 6.09. The van der Waals surface area contributed by atoms with Crippen LogP contribution in [-0.4, -0.2) is 14.5 Å². The Balaban J connectivity index is 1.73. The molecule has 0 bridgehead atoms. The second-order valence-electron chi connectivity index (χ2n) is 7.70. The minimum absolute atomic E-state index is 0.852. The average molecular weight is 389 g/mol. The van der Waals surface area contributed by atoms with Crippen molar-refractivity contribution >= 4 is 33.0 Å². The van der Waals surface area contributed by atoms with Crippen molar-refractivity contribution in [2.24, 2.45) is 0 Å². The van der Waals surface area contributed by atoms with Crippen molar-refractivity contribution in [1.29, 1.82) is 0 Å². The number of fused-ring (bicyclic) bond motifs is 4. The van der Waals surface area contributed by atoms with E-state index in [9.17, 15) is 0 Å². The van der Waals surface area contributed by atoms with Gasteiger partial charge in [-0.05, 0) is 49.7 Å². The fourth-order valence-corrected chi connectivity index (χ4v) is 4.18. The number of benzene rings is 3. The first-order valence-corrected chi connectivity index (χ1v) is 10.0. The Morgan fingerprint density at radius 3 is 2.57 bits per heavy atom. The van der Waals surface area contributed by atoms with Crippen LogP contribution >= 0.6 is 0 Å². The summed E-state index contributed by atoms with van der Waals surface area (Å²) < 4.78 is 8.52. The number of para-hydroxylation sites is 2. The average Bonchev–Trinajstić information content (AvgIpc) is 3.31. The molecule has 4 nitrogen and oxygen atoms in total. The number of imidazole rings is 1. The fraction of sp³-hybridized carbons (Fsp3) is 0.0769. The summed E-state index contributed by atoms with van der Waals surface area (Å²) in [6, 6.07) is 24.9. The van der Waals surface area contributed by atoms with Crippen molar-refractivity contribution < 1.29 is 4.42 Å². The van der Waals surface area contributed by atoms with Crippen LogP contribution in [0.3, 0.4) is 0 Å². The lowest BCUT2D eigenvalue weighted by molar-refractivity contribution is 0.669. The highest BCUT2D eigenvalue weighted by Gasteiger charge is 2.19. The topological polar surface area (TPSA) is 43.9 Å². The van der Waals surface area contributed by atoms with Crippen LogP contribution in [0, 0.1) is 13.8 Å². The second kappa shape index (κ2) is 6.29. The van der Waals surface area contributed by atoms with Crippen LogP contribution in [0.25, 0.3) is 50.0 Å². The molecule has 0 spiro atoms. The molecule has 0 amide bonds. The number of pyridine rings is 1. The van der Waals surface area contributed by atoms with E-state index in [2.05, 4.69) is 65.0 Å². The molecule has 3 aromatic carbocycles. The summed E-state index contributed by atoms with van der Waals surface area (Å²) in [5, 5.41) is 2.22. The summed E-state index contributed by atoms with van der Waals surface area (Å²) in [4.78, 5) is 9.54. The van der Waals surface area contributed by atoms with Gasteiger partial charge in [0.2, 0.25) is 0 Å². The highest BCUT2D eigenvalue weighted by Crippen LogP contribution is 2.37. The van der Waals surface area contributed by atoms with Gasteiger partial charge in [-0.2, -0.15) is 0 Å². The van der Waals surface area contributed by atoms with Gasteiger partial charge in [-0.25, -0.2) is 4.98 Å². The Labute approximate surface area is 173 Å². The standard InChI is InChI=1S/C26H19N3O/c1-16-11-12-19-20-9-6-10-21(25(20)30-24(19)13-16)26-28-22-14-17(2)27-15-23(22)29(26)18-7-4-3-5-8-18/h3-15H,1-2H3. The van der Waals surface area contributed by atoms with Gasteiger partial charge in [0, 0.05) is 22.2 Å². The number of aromatic nitrogens is 3. The Kier molecular flexibility index (Phi) is 3.56. The molecule has 4 heteroatoms. The zero-order valence-corrected chi connectivity index (χ0v) is 16.8. The summed E-state index contributed by atoms with van der Waals surface area (Å²) in [6.07, 6.45) is 1.90. The van der Waals surface area contributed by atoms with Crippen molar-refractivity contribution in [3.63, 3.8) is 0 Å². The largest absolute Gasteiger partial charge is 0.455 e. The maximum absolute atomic E-state index is 6.36. The lowest BCUT2D eigenvalue weighted by Gasteiger charge is -2.09. The van der Waals surface area contributed by atoms with Crippen LogP contribution in [0.4, 0.5) is 0 Å². The summed E-state index contributed by atoms with van der Waals surface area (Å²) >= 11 is 0. The van der Waals surface area contributed by atoms with Gasteiger partial charge in [-0.3, -0.25) is 9.55 Å². The molecule has 0 fully saturated rings. The van der Waals surface area contributed by atoms with E-state index in [1.165, 1.54) is 5.56 Å². The van der Waals surface area contributed by atoms with E-state index in [1.54, 1.807) is 0 Å². The third-order valence-corrected chi connectivity index (χ3v) is 5.59. The number of nitrogens with zero attached hydrogens (tertiary/aromatic N) is 3. The molecule has 0 N–H and O–H groups in total. The van der Waals surface area contributed by atoms with Crippen LogP contribution < -0.4 is 0 Å². The number of aryl methyl sites for hydroxylation is 2. The fourth-order valence-electron chi connectivity index (χ4n) is 4.18. The molecule has 0 unspecified atom stereocenters. The van der Waals surface area contributed by atoms with E-state index in [-0.39, 0.29) is 0 Å². The van der Waals surface area contributed by atoms with Crippen LogP contribution in [-0.2, 0) is 0 Å². The zero-order chi connectivity index (χ0) is 20.2. The van der Waals surface area contributed by atoms with Crippen molar-refractivity contribution in [2.75, 3.05) is 0 Å². The summed E-state index contributed by atoms with van der Waals surface area (Å²) in [5.41, 5.74) is 7.80. The summed E-state index contributed by atoms with van der Waals surface area (Å²) in [5.74, 6) is 0.852. The third-order valence-electron chi connectivity index (χ3n) is 5.59. The first-order chi connectivity index (χ1) is 14.7. The van der Waals surface area contributed by atoms with Crippen LogP contribution in [0.5, 0.6) is 0 Å². The predicted molar refractivity (Wildman–Crippen MR) is 121 cm³/mol. The number of hydrogen-bond donors (Lipinski definition) is 0. The van der Waals surface area contributed by atoms with E-state index in [0.29, 0.717) is 0 Å². The van der Waals surface area contributed by atoms with Crippen LogP contribution in [0.15, 0.2) is 83.4 Å². The quantitative estimate of drug-likeness (QED) is 0.335. The molecule has 0 atom stereocenters. The van der Waals surface area contributed by atoms with Gasteiger partial charge in [-0.1, -0.05) is 42.5 Å². The smallest absolute Gasteiger partial charge is 0.149 e. The van der Waals surface area contributed by atoms with Gasteiger partial charge in [0.25, 0.3) is 0 Å². The van der Waals surface area contributed by atoms with Gasteiger partial charge in [0.05, 0.1) is 22.8 Å². The van der Waals surface area contributed by atoms with Gasteiger partial charge in [0.15, 0.2) is 0 Å². The predicted octanol–water partition coefficient (Wildman–Crippen LogP) is 6.60. The molecule has 0 aliphatic rings. The normalized spacial score (nSPS) is 11.7. The maximum atomic E-state index is 6.36. The molecule has 3 heterocycles. The van der Waals surface area contributed by atoms with Crippen LogP contribution in [0.1, 0.15) is 11.3 Å². The molecule has 0 saturated heterocycles. The third kappa shape index (κ3) is 2.47. The van der Waals surface area contributed by atoms with Crippen molar-refractivity contribution in [2.45, 2.75) is 13.8 Å². The Hall–Kier alpha value is -3.92. The summed E-state index contributed by atoms with van der Waals surface area (Å²) in [6.45, 7) is 4.07. The monoisotopic (exact) mass is 389 g/mol. The maximum Gasteiger partial charge on any atom is 0.149 e. The van der Waals surface area contributed by atoms with Gasteiger partial charge in [-0.15, -0.1) is 0 Å². The molecule has 144 valence electrons. The SMILES string of the molecule is Cc1ccc2c(c1)oc1c(-c3nc4cc(C)ncc4n3-c3ccccc3)cccc12. The van der Waals surface area contributed by atoms with Crippen molar-refractivity contribution in [3.8, 4) is 17.1 Å². The molecule has 0 radical (unpaired) electrons. The Bertz CT molecular complexity index is 1560. The highest BCUT2D eigenvalue weighted by atomic mass is 16.3. The minimum atomic E-state index is 0.852. The van der Waals surface area contributed by atoms with E-state index in [4.69, 9.17) is 9.40 Å². The first-order valence-electron chi connectivity index (χ1n) is 10.0. The molecule has 0 aliphatic heterocycles. The molecular weight excluding hydrogens is 370 g/mol. The molecule has 6 aromatic rings. The number of hydrogen-bond acceptors (Lipinski definition) is 3. The first kappa shape index (κ1) is 17.0. The van der Waals surface area contributed by atoms with Gasteiger partial charge >= 0.3 is 0 Å². The molecule has 6 rings (SSSR count). The molecule has 0 aliphatic carbocycles. The van der Waals surface area contributed by atoms with E-state index in [1.807, 2.05) is 37.4 Å². The summed E-state index contributed by atoms with van der Waals surface area (Å²) in [7, 11) is 0. The van der Waals surface area contributed by atoms with Crippen molar-refractivity contribution in [3.05, 3.63) is 90.3 Å². The van der Waals surface area contributed by atoms with Gasteiger partial charge in [0.1, 0.15) is 17.0 Å². The number of rotatable bonds is 2. The minimum Gasteiger partial charge on any atom is -0.455 e. The van der Waals surface area contributed by atoms with E-state index in [0.717, 1.165) is 55.7 Å².